The molecule has 118 valence electrons. The van der Waals surface area contributed by atoms with Crippen molar-refractivity contribution in [2.75, 3.05) is 7.11 Å². The molecular formula is C20H16N2O2. The Balaban J connectivity index is 1.83. The quantitative estimate of drug-likeness (QED) is 0.579. The third-order valence-corrected chi connectivity index (χ3v) is 4.23. The van der Waals surface area contributed by atoms with Gasteiger partial charge in [-0.25, -0.2) is 4.79 Å². The SMILES string of the molecule is COC(=O)c1[nH]c2ccccc2c1Cc1cnc2ccccc2c1. The Bertz CT molecular complexity index is 1050. The van der Waals surface area contributed by atoms with Crippen LogP contribution < -0.4 is 0 Å². The molecule has 0 atom stereocenters. The van der Waals surface area contributed by atoms with Gasteiger partial charge in [0.25, 0.3) is 0 Å². The third-order valence-electron chi connectivity index (χ3n) is 4.23. The minimum Gasteiger partial charge on any atom is -0.464 e. The molecular weight excluding hydrogens is 300 g/mol. The lowest BCUT2D eigenvalue weighted by atomic mass is 10.0. The number of carbonyl (C=O) groups is 1. The molecule has 0 saturated heterocycles. The van der Waals surface area contributed by atoms with E-state index in [9.17, 15) is 4.79 Å². The van der Waals surface area contributed by atoms with Crippen molar-refractivity contribution < 1.29 is 9.53 Å². The van der Waals surface area contributed by atoms with Gasteiger partial charge in [0.05, 0.1) is 12.6 Å². The van der Waals surface area contributed by atoms with Crippen LogP contribution >= 0.6 is 0 Å². The first-order valence-electron chi connectivity index (χ1n) is 7.78. The molecule has 0 fully saturated rings. The highest BCUT2D eigenvalue weighted by Crippen LogP contribution is 2.26. The van der Waals surface area contributed by atoms with E-state index in [2.05, 4.69) is 16.0 Å². The number of pyridine rings is 1. The Labute approximate surface area is 139 Å². The van der Waals surface area contributed by atoms with Gasteiger partial charge in [-0.15, -0.1) is 0 Å². The van der Waals surface area contributed by atoms with Gasteiger partial charge in [-0.3, -0.25) is 4.98 Å². The second kappa shape index (κ2) is 5.81. The summed E-state index contributed by atoms with van der Waals surface area (Å²) in [5.41, 5.74) is 4.40. The monoisotopic (exact) mass is 316 g/mol. The Kier molecular flexibility index (Phi) is 3.50. The lowest BCUT2D eigenvalue weighted by Gasteiger charge is -2.05. The summed E-state index contributed by atoms with van der Waals surface area (Å²) in [6, 6.07) is 18.0. The predicted molar refractivity (Wildman–Crippen MR) is 94.2 cm³/mol. The van der Waals surface area contributed by atoms with Crippen LogP contribution in [0.3, 0.4) is 0 Å². The maximum Gasteiger partial charge on any atom is 0.354 e. The van der Waals surface area contributed by atoms with E-state index in [-0.39, 0.29) is 5.97 Å². The number of benzene rings is 2. The van der Waals surface area contributed by atoms with Crippen molar-refractivity contribution in [1.82, 2.24) is 9.97 Å². The van der Waals surface area contributed by atoms with E-state index >= 15 is 0 Å². The maximum absolute atomic E-state index is 12.1. The van der Waals surface area contributed by atoms with E-state index in [1.165, 1.54) is 7.11 Å². The number of para-hydroxylation sites is 2. The molecule has 0 spiro atoms. The van der Waals surface area contributed by atoms with E-state index in [1.807, 2.05) is 54.7 Å². The summed E-state index contributed by atoms with van der Waals surface area (Å²) >= 11 is 0. The van der Waals surface area contributed by atoms with Crippen LogP contribution in [0.15, 0.2) is 60.8 Å². The summed E-state index contributed by atoms with van der Waals surface area (Å²) in [4.78, 5) is 19.8. The molecule has 0 aliphatic carbocycles. The van der Waals surface area contributed by atoms with Crippen LogP contribution in [0.2, 0.25) is 0 Å². The van der Waals surface area contributed by atoms with Gasteiger partial charge in [-0.1, -0.05) is 36.4 Å². The molecule has 4 nitrogen and oxygen atoms in total. The maximum atomic E-state index is 12.1. The van der Waals surface area contributed by atoms with Gasteiger partial charge in [0, 0.05) is 28.9 Å². The molecule has 0 saturated carbocycles. The number of hydrogen-bond acceptors (Lipinski definition) is 3. The van der Waals surface area contributed by atoms with Gasteiger partial charge >= 0.3 is 5.97 Å². The summed E-state index contributed by atoms with van der Waals surface area (Å²) in [6.45, 7) is 0. The number of nitrogens with one attached hydrogen (secondary N) is 1. The molecule has 4 rings (SSSR count). The molecule has 0 bridgehead atoms. The Morgan fingerprint density at radius 3 is 2.79 bits per heavy atom. The second-order valence-corrected chi connectivity index (χ2v) is 5.73. The van der Waals surface area contributed by atoms with Crippen LogP contribution in [0.4, 0.5) is 0 Å². The zero-order valence-corrected chi connectivity index (χ0v) is 13.2. The van der Waals surface area contributed by atoms with E-state index in [1.54, 1.807) is 0 Å². The van der Waals surface area contributed by atoms with Gasteiger partial charge in [0.15, 0.2) is 0 Å². The van der Waals surface area contributed by atoms with Crippen LogP contribution in [0, 0.1) is 0 Å². The molecule has 2 aromatic heterocycles. The molecule has 2 heterocycles. The van der Waals surface area contributed by atoms with Gasteiger partial charge in [-0.05, 0) is 29.3 Å². The van der Waals surface area contributed by atoms with Crippen molar-refractivity contribution in [1.29, 1.82) is 0 Å². The van der Waals surface area contributed by atoms with Crippen molar-refractivity contribution >= 4 is 27.8 Å². The first-order chi connectivity index (χ1) is 11.8. The smallest absolute Gasteiger partial charge is 0.354 e. The summed E-state index contributed by atoms with van der Waals surface area (Å²) in [6.07, 6.45) is 2.48. The molecule has 0 radical (unpaired) electrons. The number of carbonyl (C=O) groups excluding carboxylic acids is 1. The number of ether oxygens (including phenoxy) is 1. The topological polar surface area (TPSA) is 55.0 Å². The van der Waals surface area contributed by atoms with Crippen molar-refractivity contribution in [3.8, 4) is 0 Å². The van der Waals surface area contributed by atoms with E-state index < -0.39 is 0 Å². The normalized spacial score (nSPS) is 11.0. The number of H-pyrrole nitrogens is 1. The lowest BCUT2D eigenvalue weighted by Crippen LogP contribution is -2.05. The highest BCUT2D eigenvalue weighted by molar-refractivity contribution is 5.98. The second-order valence-electron chi connectivity index (χ2n) is 5.73. The largest absolute Gasteiger partial charge is 0.464 e. The number of nitrogens with zero attached hydrogens (tertiary/aromatic N) is 1. The van der Waals surface area contributed by atoms with Gasteiger partial charge in [-0.2, -0.15) is 0 Å². The number of aromatic nitrogens is 2. The Morgan fingerprint density at radius 2 is 1.92 bits per heavy atom. The molecule has 0 unspecified atom stereocenters. The molecule has 24 heavy (non-hydrogen) atoms. The highest BCUT2D eigenvalue weighted by atomic mass is 16.5. The zero-order valence-electron chi connectivity index (χ0n) is 13.2. The molecule has 2 aromatic carbocycles. The number of methoxy groups -OCH3 is 1. The molecule has 0 aliphatic rings. The fourth-order valence-corrected chi connectivity index (χ4v) is 3.08. The van der Waals surface area contributed by atoms with Crippen LogP contribution in [-0.4, -0.2) is 23.0 Å². The van der Waals surface area contributed by atoms with Crippen LogP contribution in [0.5, 0.6) is 0 Å². The molecule has 0 amide bonds. The number of hydrogen-bond donors (Lipinski definition) is 1. The van der Waals surface area contributed by atoms with Crippen molar-refractivity contribution in [2.24, 2.45) is 0 Å². The summed E-state index contributed by atoms with van der Waals surface area (Å²) in [5, 5.41) is 2.13. The fourth-order valence-electron chi connectivity index (χ4n) is 3.08. The van der Waals surface area contributed by atoms with E-state index in [0.29, 0.717) is 12.1 Å². The minimum atomic E-state index is -0.352. The van der Waals surface area contributed by atoms with Crippen molar-refractivity contribution in [3.05, 3.63) is 77.6 Å². The summed E-state index contributed by atoms with van der Waals surface area (Å²) in [5.74, 6) is -0.352. The van der Waals surface area contributed by atoms with Crippen LogP contribution in [0.1, 0.15) is 21.6 Å². The highest BCUT2D eigenvalue weighted by Gasteiger charge is 2.18. The zero-order chi connectivity index (χ0) is 16.5. The number of rotatable bonds is 3. The average Bonchev–Trinajstić information content (AvgIpc) is 2.99. The Hall–Kier alpha value is -3.14. The van der Waals surface area contributed by atoms with Gasteiger partial charge in [0.2, 0.25) is 0 Å². The first-order valence-corrected chi connectivity index (χ1v) is 7.78. The fraction of sp³-hybridized carbons (Fsp3) is 0.100. The van der Waals surface area contributed by atoms with Crippen LogP contribution in [-0.2, 0) is 11.2 Å². The minimum absolute atomic E-state index is 0.352. The van der Waals surface area contributed by atoms with E-state index in [0.717, 1.165) is 32.9 Å². The molecule has 1 N–H and O–H groups in total. The number of fused-ring (bicyclic) bond motifs is 2. The number of aromatic amines is 1. The molecule has 0 aliphatic heterocycles. The van der Waals surface area contributed by atoms with Crippen molar-refractivity contribution in [2.45, 2.75) is 6.42 Å². The van der Waals surface area contributed by atoms with Gasteiger partial charge < -0.3 is 9.72 Å². The lowest BCUT2D eigenvalue weighted by molar-refractivity contribution is 0.0594. The predicted octanol–water partition coefficient (Wildman–Crippen LogP) is 4.09. The summed E-state index contributed by atoms with van der Waals surface area (Å²) in [7, 11) is 1.40. The average molecular weight is 316 g/mol. The molecule has 4 heteroatoms. The standard InChI is InChI=1S/C20H16N2O2/c1-24-20(23)19-16(15-7-3-5-9-18(15)22-19)11-13-10-14-6-2-4-8-17(14)21-12-13/h2-10,12,22H,11H2,1H3. The number of esters is 1. The molecule has 4 aromatic rings. The first kappa shape index (κ1) is 14.5. The van der Waals surface area contributed by atoms with Crippen molar-refractivity contribution in [3.63, 3.8) is 0 Å². The Morgan fingerprint density at radius 1 is 1.12 bits per heavy atom. The summed E-state index contributed by atoms with van der Waals surface area (Å²) < 4.78 is 4.93. The van der Waals surface area contributed by atoms with Gasteiger partial charge in [0.1, 0.15) is 5.69 Å². The van der Waals surface area contributed by atoms with E-state index in [4.69, 9.17) is 4.74 Å². The van der Waals surface area contributed by atoms with Crippen LogP contribution in [0.25, 0.3) is 21.8 Å². The third kappa shape index (κ3) is 2.42.